The molecule has 0 spiro atoms. The van der Waals surface area contributed by atoms with E-state index in [0.717, 1.165) is 5.56 Å². The fourth-order valence-corrected chi connectivity index (χ4v) is 9.87. The van der Waals surface area contributed by atoms with Crippen LogP contribution in [-0.2, 0) is 0 Å². The summed E-state index contributed by atoms with van der Waals surface area (Å²) in [6, 6.07) is 9.84. The number of benzene rings is 1. The van der Waals surface area contributed by atoms with Crippen molar-refractivity contribution < 1.29 is 4.79 Å². The van der Waals surface area contributed by atoms with Gasteiger partial charge in [0, 0.05) is 5.56 Å². The minimum Gasteiger partial charge on any atom is -0.300 e. The van der Waals surface area contributed by atoms with Gasteiger partial charge in [-0.2, -0.15) is 0 Å². The van der Waals surface area contributed by atoms with Gasteiger partial charge in [0.2, 0.25) is 0 Å². The zero-order valence-electron chi connectivity index (χ0n) is 12.5. The number of carbonyl (C=O) groups is 1. The zero-order valence-corrected chi connectivity index (χ0v) is 13.5. The van der Waals surface area contributed by atoms with Crippen LogP contribution < -0.4 is 0 Å². The minimum absolute atomic E-state index is 0.433. The van der Waals surface area contributed by atoms with Crippen molar-refractivity contribution in [1.82, 2.24) is 0 Å². The average Bonchev–Trinajstić information content (AvgIpc) is 2.29. The van der Waals surface area contributed by atoms with Gasteiger partial charge in [0.25, 0.3) is 0 Å². The number of rotatable bonds is 5. The Balaban J connectivity index is 3.32. The smallest absolute Gasteiger partial charge is 0.146 e. The molecule has 0 N–H and O–H groups in total. The fraction of sp³-hybridized carbons (Fsp3) is 0.562. The van der Waals surface area contributed by atoms with Gasteiger partial charge in [-0.25, -0.2) is 0 Å². The van der Waals surface area contributed by atoms with Gasteiger partial charge >= 0.3 is 0 Å². The van der Waals surface area contributed by atoms with Crippen LogP contribution >= 0.6 is 0 Å². The van der Waals surface area contributed by atoms with Gasteiger partial charge in [0.15, 0.2) is 0 Å². The molecule has 1 aromatic carbocycles. The van der Waals surface area contributed by atoms with Gasteiger partial charge in [0.05, 0.1) is 0 Å². The summed E-state index contributed by atoms with van der Waals surface area (Å²) in [5.74, 6) is 0. The van der Waals surface area contributed by atoms with Crippen molar-refractivity contribution in [1.29, 1.82) is 0 Å². The lowest BCUT2D eigenvalue weighted by Crippen LogP contribution is -2.52. The molecule has 100 valence electrons. The minimum atomic E-state index is -2.01. The molecule has 0 saturated carbocycles. The van der Waals surface area contributed by atoms with Gasteiger partial charge < -0.3 is 4.79 Å². The van der Waals surface area contributed by atoms with Crippen LogP contribution in [0, 0.1) is 0 Å². The molecule has 1 rings (SSSR count). The van der Waals surface area contributed by atoms with Crippen molar-refractivity contribution in [3.05, 3.63) is 35.9 Å². The lowest BCUT2D eigenvalue weighted by atomic mass is 10.2. The summed E-state index contributed by atoms with van der Waals surface area (Å²) >= 11 is 0. The maximum absolute atomic E-state index is 13.1. The van der Waals surface area contributed by atoms with Gasteiger partial charge in [-0.15, -0.1) is 0 Å². The van der Waals surface area contributed by atoms with E-state index in [4.69, 9.17) is 0 Å². The molecule has 0 unspecified atom stereocenters. The summed E-state index contributed by atoms with van der Waals surface area (Å²) in [5.41, 5.74) is 2.33. The third kappa shape index (κ3) is 2.44. The Bertz CT molecular complexity index is 371. The average molecular weight is 262 g/mol. The molecule has 2 heteroatoms. The van der Waals surface area contributed by atoms with Gasteiger partial charge in [-0.05, 0) is 16.6 Å². The van der Waals surface area contributed by atoms with Crippen LogP contribution in [0.15, 0.2) is 30.3 Å². The second kappa shape index (κ2) is 5.83. The first kappa shape index (κ1) is 15.2. The molecule has 0 aliphatic carbocycles. The summed E-state index contributed by atoms with van der Waals surface area (Å²) in [7, 11) is -2.01. The van der Waals surface area contributed by atoms with E-state index in [1.54, 1.807) is 0 Å². The van der Waals surface area contributed by atoms with E-state index in [9.17, 15) is 4.79 Å². The van der Waals surface area contributed by atoms with Crippen molar-refractivity contribution in [3.63, 3.8) is 0 Å². The first-order valence-electron chi connectivity index (χ1n) is 6.94. The Morgan fingerprint density at radius 2 is 1.22 bits per heavy atom. The standard InChI is InChI=1S/C16H26OSi/c1-12(2)18(13(3)4,14(5)6)16(17)15-10-8-7-9-11-15/h7-14H,1-6H3. The normalized spacial score (nSPS) is 12.5. The first-order chi connectivity index (χ1) is 8.35. The highest BCUT2D eigenvalue weighted by Gasteiger charge is 2.49. The van der Waals surface area contributed by atoms with E-state index >= 15 is 0 Å². The third-order valence-corrected chi connectivity index (χ3v) is 11.1. The van der Waals surface area contributed by atoms with Crippen molar-refractivity contribution in [2.75, 3.05) is 0 Å². The maximum Gasteiger partial charge on any atom is 0.146 e. The van der Waals surface area contributed by atoms with Crippen LogP contribution in [0.4, 0.5) is 0 Å². The molecule has 0 amide bonds. The highest BCUT2D eigenvalue weighted by Crippen LogP contribution is 2.43. The van der Waals surface area contributed by atoms with Gasteiger partial charge in [-0.1, -0.05) is 71.9 Å². The Kier molecular flexibility index (Phi) is 4.91. The number of hydrogen-bond acceptors (Lipinski definition) is 1. The summed E-state index contributed by atoms with van der Waals surface area (Å²) in [6.45, 7) is 13.4. The molecule has 0 aliphatic heterocycles. The van der Waals surface area contributed by atoms with E-state index in [2.05, 4.69) is 41.5 Å². The molecule has 0 radical (unpaired) electrons. The summed E-state index contributed by atoms with van der Waals surface area (Å²) in [4.78, 5) is 13.1. The van der Waals surface area contributed by atoms with Crippen LogP contribution in [0.25, 0.3) is 0 Å². The fourth-order valence-electron chi connectivity index (χ4n) is 3.63. The van der Waals surface area contributed by atoms with E-state index < -0.39 is 8.07 Å². The second-order valence-corrected chi connectivity index (χ2v) is 11.9. The highest BCUT2D eigenvalue weighted by atomic mass is 28.3. The molecule has 0 fully saturated rings. The van der Waals surface area contributed by atoms with Crippen molar-refractivity contribution in [2.24, 2.45) is 0 Å². The first-order valence-corrected chi connectivity index (χ1v) is 9.18. The quantitative estimate of drug-likeness (QED) is 0.676. The SMILES string of the molecule is CC(C)[Si](C(=O)c1ccccc1)(C(C)C)C(C)C. The van der Waals surface area contributed by atoms with Gasteiger partial charge in [0.1, 0.15) is 13.5 Å². The summed E-state index contributed by atoms with van der Waals surface area (Å²) < 4.78 is 0. The van der Waals surface area contributed by atoms with E-state index in [1.807, 2.05) is 30.3 Å². The van der Waals surface area contributed by atoms with Crippen LogP contribution in [0.3, 0.4) is 0 Å². The molecular weight excluding hydrogens is 236 g/mol. The largest absolute Gasteiger partial charge is 0.300 e. The molecule has 0 saturated heterocycles. The van der Waals surface area contributed by atoms with Crippen LogP contribution in [0.1, 0.15) is 51.9 Å². The maximum atomic E-state index is 13.1. The van der Waals surface area contributed by atoms with Crippen LogP contribution in [0.5, 0.6) is 0 Å². The predicted octanol–water partition coefficient (Wildman–Crippen LogP) is 5.09. The molecule has 0 heterocycles. The molecule has 0 bridgehead atoms. The lowest BCUT2D eigenvalue weighted by Gasteiger charge is -2.41. The van der Waals surface area contributed by atoms with Crippen molar-refractivity contribution in [2.45, 2.75) is 58.2 Å². The molecule has 0 aromatic heterocycles. The monoisotopic (exact) mass is 262 g/mol. The lowest BCUT2D eigenvalue weighted by molar-refractivity contribution is 0.106. The Morgan fingerprint density at radius 1 is 0.833 bits per heavy atom. The zero-order chi connectivity index (χ0) is 13.9. The summed E-state index contributed by atoms with van der Waals surface area (Å²) in [5, 5.41) is 0.433. The van der Waals surface area contributed by atoms with E-state index in [-0.39, 0.29) is 0 Å². The van der Waals surface area contributed by atoms with Crippen molar-refractivity contribution in [3.8, 4) is 0 Å². The van der Waals surface area contributed by atoms with Gasteiger partial charge in [-0.3, -0.25) is 0 Å². The topological polar surface area (TPSA) is 17.1 Å². The van der Waals surface area contributed by atoms with Crippen LogP contribution in [-0.4, -0.2) is 13.5 Å². The van der Waals surface area contributed by atoms with Crippen LogP contribution in [0.2, 0.25) is 16.6 Å². The van der Waals surface area contributed by atoms with E-state index in [1.165, 1.54) is 0 Å². The molecular formula is C16H26OSi. The Morgan fingerprint density at radius 3 is 1.56 bits per heavy atom. The highest BCUT2D eigenvalue weighted by molar-refractivity contribution is 7.10. The molecule has 0 aliphatic rings. The number of carbonyl (C=O) groups excluding carboxylic acids is 1. The molecule has 1 nitrogen and oxygen atoms in total. The second-order valence-electron chi connectivity index (χ2n) is 6.09. The number of hydrogen-bond donors (Lipinski definition) is 0. The van der Waals surface area contributed by atoms with Crippen molar-refractivity contribution >= 4 is 13.5 Å². The Hall–Kier alpha value is -0.893. The molecule has 1 aromatic rings. The predicted molar refractivity (Wildman–Crippen MR) is 81.8 cm³/mol. The Labute approximate surface area is 113 Å². The summed E-state index contributed by atoms with van der Waals surface area (Å²) in [6.07, 6.45) is 0. The molecule has 18 heavy (non-hydrogen) atoms. The van der Waals surface area contributed by atoms with E-state index in [0.29, 0.717) is 22.0 Å². The molecule has 0 atom stereocenters. The third-order valence-electron chi connectivity index (χ3n) is 4.30.